The van der Waals surface area contributed by atoms with Crippen molar-refractivity contribution < 1.29 is 9.90 Å². The molecule has 0 radical (unpaired) electrons. The monoisotopic (exact) mass is 248 g/mol. The van der Waals surface area contributed by atoms with Crippen LogP contribution in [0.1, 0.15) is 30.1 Å². The SMILES string of the molecule is CNCCC(O)c1ccc2c(c1)CCC(=O)N2C. The first-order chi connectivity index (χ1) is 8.63. The molecule has 18 heavy (non-hydrogen) atoms. The number of nitrogens with zero attached hydrogens (tertiary/aromatic N) is 1. The van der Waals surface area contributed by atoms with Crippen LogP contribution in [0.2, 0.25) is 0 Å². The van der Waals surface area contributed by atoms with Gasteiger partial charge in [0.15, 0.2) is 0 Å². The smallest absolute Gasteiger partial charge is 0.227 e. The lowest BCUT2D eigenvalue weighted by Crippen LogP contribution is -2.31. The molecule has 0 spiro atoms. The Morgan fingerprint density at radius 1 is 1.44 bits per heavy atom. The Labute approximate surface area is 108 Å². The van der Waals surface area contributed by atoms with Crippen LogP contribution >= 0.6 is 0 Å². The summed E-state index contributed by atoms with van der Waals surface area (Å²) in [6.45, 7) is 0.788. The summed E-state index contributed by atoms with van der Waals surface area (Å²) in [6, 6.07) is 5.87. The molecule has 1 aromatic rings. The summed E-state index contributed by atoms with van der Waals surface area (Å²) in [4.78, 5) is 13.3. The van der Waals surface area contributed by atoms with E-state index in [0.29, 0.717) is 12.8 Å². The summed E-state index contributed by atoms with van der Waals surface area (Å²) in [5, 5.41) is 13.1. The van der Waals surface area contributed by atoms with Crippen molar-refractivity contribution >= 4 is 11.6 Å². The van der Waals surface area contributed by atoms with Gasteiger partial charge in [-0.3, -0.25) is 4.79 Å². The molecule has 98 valence electrons. The Morgan fingerprint density at radius 3 is 2.94 bits per heavy atom. The standard InChI is InChI=1S/C14H20N2O2/c1-15-8-7-13(17)11-3-5-12-10(9-11)4-6-14(18)16(12)2/h3,5,9,13,15,17H,4,6-8H2,1-2H3. The molecule has 1 amide bonds. The topological polar surface area (TPSA) is 52.6 Å². The number of benzene rings is 1. The van der Waals surface area contributed by atoms with Gasteiger partial charge >= 0.3 is 0 Å². The molecule has 0 aliphatic carbocycles. The lowest BCUT2D eigenvalue weighted by Gasteiger charge is -2.26. The van der Waals surface area contributed by atoms with E-state index in [9.17, 15) is 9.90 Å². The lowest BCUT2D eigenvalue weighted by atomic mass is 9.96. The van der Waals surface area contributed by atoms with Crippen LogP contribution in [-0.2, 0) is 11.2 Å². The zero-order valence-corrected chi connectivity index (χ0v) is 10.9. The number of amides is 1. The maximum Gasteiger partial charge on any atom is 0.227 e. The maximum atomic E-state index is 11.6. The second kappa shape index (κ2) is 5.50. The average Bonchev–Trinajstić information content (AvgIpc) is 2.40. The molecule has 1 unspecified atom stereocenters. The van der Waals surface area contributed by atoms with E-state index in [-0.39, 0.29) is 5.91 Å². The van der Waals surface area contributed by atoms with E-state index < -0.39 is 6.10 Å². The molecule has 2 rings (SSSR count). The highest BCUT2D eigenvalue weighted by atomic mass is 16.3. The molecule has 1 aromatic carbocycles. The van der Waals surface area contributed by atoms with E-state index in [1.54, 1.807) is 11.9 Å². The minimum absolute atomic E-state index is 0.158. The molecule has 1 aliphatic heterocycles. The van der Waals surface area contributed by atoms with E-state index in [4.69, 9.17) is 0 Å². The van der Waals surface area contributed by atoms with Crippen LogP contribution in [0.4, 0.5) is 5.69 Å². The van der Waals surface area contributed by atoms with Crippen molar-refractivity contribution in [2.75, 3.05) is 25.5 Å². The molecule has 4 heteroatoms. The highest BCUT2D eigenvalue weighted by Gasteiger charge is 2.21. The predicted octanol–water partition coefficient (Wildman–Crippen LogP) is 1.24. The second-order valence-corrected chi connectivity index (χ2v) is 4.75. The highest BCUT2D eigenvalue weighted by molar-refractivity contribution is 5.95. The zero-order valence-electron chi connectivity index (χ0n) is 10.9. The Bertz CT molecular complexity index is 445. The largest absolute Gasteiger partial charge is 0.388 e. The first-order valence-corrected chi connectivity index (χ1v) is 6.35. The molecule has 4 nitrogen and oxygen atoms in total. The van der Waals surface area contributed by atoms with Crippen molar-refractivity contribution in [3.05, 3.63) is 29.3 Å². The third-order valence-electron chi connectivity index (χ3n) is 3.50. The molecular weight excluding hydrogens is 228 g/mol. The van der Waals surface area contributed by atoms with Gasteiger partial charge in [-0.2, -0.15) is 0 Å². The molecule has 0 aromatic heterocycles. The third-order valence-corrected chi connectivity index (χ3v) is 3.50. The van der Waals surface area contributed by atoms with Crippen LogP contribution in [0.25, 0.3) is 0 Å². The van der Waals surface area contributed by atoms with Crippen molar-refractivity contribution in [2.24, 2.45) is 0 Å². The van der Waals surface area contributed by atoms with E-state index in [1.807, 2.05) is 25.2 Å². The van der Waals surface area contributed by atoms with Crippen molar-refractivity contribution in [1.82, 2.24) is 5.32 Å². The van der Waals surface area contributed by atoms with E-state index in [1.165, 1.54) is 0 Å². The summed E-state index contributed by atoms with van der Waals surface area (Å²) in [6.07, 6.45) is 1.58. The third kappa shape index (κ3) is 2.54. The van der Waals surface area contributed by atoms with Crippen molar-refractivity contribution in [3.8, 4) is 0 Å². The number of aliphatic hydroxyl groups is 1. The fourth-order valence-electron chi connectivity index (χ4n) is 2.33. The highest BCUT2D eigenvalue weighted by Crippen LogP contribution is 2.29. The summed E-state index contributed by atoms with van der Waals surface area (Å²) in [5.41, 5.74) is 3.06. The number of nitrogens with one attached hydrogen (secondary N) is 1. The van der Waals surface area contributed by atoms with Crippen LogP contribution in [0, 0.1) is 0 Å². The Kier molecular flexibility index (Phi) is 3.99. The maximum absolute atomic E-state index is 11.6. The number of carbonyl (C=O) groups is 1. The second-order valence-electron chi connectivity index (χ2n) is 4.75. The quantitative estimate of drug-likeness (QED) is 0.843. The van der Waals surface area contributed by atoms with Gasteiger partial charge in [0.2, 0.25) is 5.91 Å². The Morgan fingerprint density at radius 2 is 2.22 bits per heavy atom. The van der Waals surface area contributed by atoms with Crippen molar-refractivity contribution in [2.45, 2.75) is 25.4 Å². The number of rotatable bonds is 4. The van der Waals surface area contributed by atoms with Gasteiger partial charge in [-0.1, -0.05) is 12.1 Å². The fourth-order valence-corrected chi connectivity index (χ4v) is 2.33. The van der Waals surface area contributed by atoms with Crippen molar-refractivity contribution in [3.63, 3.8) is 0 Å². The zero-order chi connectivity index (χ0) is 13.1. The van der Waals surface area contributed by atoms with Gasteiger partial charge < -0.3 is 15.3 Å². The first kappa shape index (κ1) is 13.1. The van der Waals surface area contributed by atoms with Crippen LogP contribution in [0.15, 0.2) is 18.2 Å². The van der Waals surface area contributed by atoms with E-state index >= 15 is 0 Å². The number of aryl methyl sites for hydroxylation is 1. The minimum Gasteiger partial charge on any atom is -0.388 e. The average molecular weight is 248 g/mol. The number of aliphatic hydroxyl groups excluding tert-OH is 1. The molecule has 1 heterocycles. The van der Waals surface area contributed by atoms with Crippen LogP contribution in [0.3, 0.4) is 0 Å². The normalized spacial score (nSPS) is 16.6. The van der Waals surface area contributed by atoms with E-state index in [0.717, 1.165) is 29.8 Å². The Hall–Kier alpha value is -1.39. The number of hydrogen-bond donors (Lipinski definition) is 2. The van der Waals surface area contributed by atoms with Crippen LogP contribution in [-0.4, -0.2) is 31.7 Å². The van der Waals surface area contributed by atoms with Gasteiger partial charge in [-0.25, -0.2) is 0 Å². The number of hydrogen-bond acceptors (Lipinski definition) is 3. The number of fused-ring (bicyclic) bond motifs is 1. The van der Waals surface area contributed by atoms with Crippen molar-refractivity contribution in [1.29, 1.82) is 0 Å². The van der Waals surface area contributed by atoms with Gasteiger partial charge in [-0.05, 0) is 43.6 Å². The molecular formula is C14H20N2O2. The Balaban J connectivity index is 2.20. The van der Waals surface area contributed by atoms with Crippen LogP contribution < -0.4 is 10.2 Å². The molecule has 2 N–H and O–H groups in total. The summed E-state index contributed by atoms with van der Waals surface area (Å²) in [5.74, 6) is 0.158. The molecule has 1 aliphatic rings. The number of anilines is 1. The molecule has 1 atom stereocenters. The van der Waals surface area contributed by atoms with Gasteiger partial charge in [0.05, 0.1) is 6.10 Å². The van der Waals surface area contributed by atoms with Gasteiger partial charge in [0, 0.05) is 19.2 Å². The van der Waals surface area contributed by atoms with Gasteiger partial charge in [0.1, 0.15) is 0 Å². The lowest BCUT2D eigenvalue weighted by molar-refractivity contribution is -0.118. The van der Waals surface area contributed by atoms with Crippen LogP contribution in [0.5, 0.6) is 0 Å². The summed E-state index contributed by atoms with van der Waals surface area (Å²) in [7, 11) is 3.68. The molecule has 0 saturated carbocycles. The number of carbonyl (C=O) groups excluding carboxylic acids is 1. The molecule has 0 bridgehead atoms. The van der Waals surface area contributed by atoms with Gasteiger partial charge in [0.25, 0.3) is 0 Å². The molecule has 0 fully saturated rings. The minimum atomic E-state index is -0.439. The molecule has 0 saturated heterocycles. The summed E-state index contributed by atoms with van der Waals surface area (Å²) >= 11 is 0. The van der Waals surface area contributed by atoms with Gasteiger partial charge in [-0.15, -0.1) is 0 Å². The first-order valence-electron chi connectivity index (χ1n) is 6.35. The predicted molar refractivity (Wildman–Crippen MR) is 71.7 cm³/mol. The summed E-state index contributed by atoms with van der Waals surface area (Å²) < 4.78 is 0. The fraction of sp³-hybridized carbons (Fsp3) is 0.500. The van der Waals surface area contributed by atoms with E-state index in [2.05, 4.69) is 5.32 Å².